The van der Waals surface area contributed by atoms with E-state index in [1.807, 2.05) is 0 Å². The third-order valence-corrected chi connectivity index (χ3v) is 3.78. The summed E-state index contributed by atoms with van der Waals surface area (Å²) in [4.78, 5) is 23.4. The first-order valence-electron chi connectivity index (χ1n) is 6.95. The van der Waals surface area contributed by atoms with E-state index >= 15 is 0 Å². The van der Waals surface area contributed by atoms with Crippen LogP contribution in [0.1, 0.15) is 26.3 Å². The summed E-state index contributed by atoms with van der Waals surface area (Å²) >= 11 is 0. The second kappa shape index (κ2) is 6.71. The van der Waals surface area contributed by atoms with E-state index in [0.717, 1.165) is 6.26 Å². The van der Waals surface area contributed by atoms with Crippen molar-refractivity contribution in [1.29, 1.82) is 0 Å². The van der Waals surface area contributed by atoms with Crippen molar-refractivity contribution < 1.29 is 18.0 Å². The van der Waals surface area contributed by atoms with Crippen molar-refractivity contribution >= 4 is 33.2 Å². The maximum absolute atomic E-state index is 12.3. The van der Waals surface area contributed by atoms with Gasteiger partial charge in [0.25, 0.3) is 5.91 Å². The molecule has 0 fully saturated rings. The fourth-order valence-corrected chi connectivity index (χ4v) is 2.70. The number of anilines is 2. The van der Waals surface area contributed by atoms with Gasteiger partial charge in [-0.15, -0.1) is 0 Å². The Hall–Kier alpha value is -2.87. The Morgan fingerprint density at radius 1 is 1.04 bits per heavy atom. The van der Waals surface area contributed by atoms with Gasteiger partial charge in [-0.25, -0.2) is 8.42 Å². The number of aryl methyl sites for hydroxylation is 1. The van der Waals surface area contributed by atoms with Crippen molar-refractivity contribution in [2.75, 3.05) is 16.3 Å². The Morgan fingerprint density at radius 2 is 1.75 bits per heavy atom. The molecule has 24 heavy (non-hydrogen) atoms. The number of primary amides is 1. The van der Waals surface area contributed by atoms with Gasteiger partial charge >= 0.3 is 0 Å². The molecule has 4 N–H and O–H groups in total. The molecular formula is C16H17N3O4S. The predicted octanol–water partition coefficient (Wildman–Crippen LogP) is 1.72. The average Bonchev–Trinajstić information content (AvgIpc) is 2.48. The highest BCUT2D eigenvalue weighted by Gasteiger charge is 2.11. The van der Waals surface area contributed by atoms with E-state index < -0.39 is 15.9 Å². The second-order valence-corrected chi connectivity index (χ2v) is 7.05. The van der Waals surface area contributed by atoms with Gasteiger partial charge < -0.3 is 11.1 Å². The maximum atomic E-state index is 12.3. The smallest absolute Gasteiger partial charge is 0.255 e. The minimum Gasteiger partial charge on any atom is -0.366 e. The van der Waals surface area contributed by atoms with E-state index in [1.165, 1.54) is 18.2 Å². The molecule has 0 atom stereocenters. The van der Waals surface area contributed by atoms with Gasteiger partial charge in [0, 0.05) is 16.8 Å². The van der Waals surface area contributed by atoms with Crippen LogP contribution in [-0.4, -0.2) is 26.5 Å². The lowest BCUT2D eigenvalue weighted by Crippen LogP contribution is -2.15. The number of rotatable bonds is 5. The first-order valence-corrected chi connectivity index (χ1v) is 8.84. The van der Waals surface area contributed by atoms with Crippen molar-refractivity contribution in [3.63, 3.8) is 0 Å². The van der Waals surface area contributed by atoms with Crippen LogP contribution < -0.4 is 15.8 Å². The van der Waals surface area contributed by atoms with Crippen molar-refractivity contribution in [2.24, 2.45) is 5.73 Å². The molecule has 7 nitrogen and oxygen atoms in total. The van der Waals surface area contributed by atoms with Crippen molar-refractivity contribution in [2.45, 2.75) is 6.92 Å². The fourth-order valence-electron chi connectivity index (χ4n) is 2.07. The standard InChI is InChI=1S/C16H17N3O4S/c1-10-8-12(6-7-14(10)19-24(2,22)23)16(21)18-13-5-3-4-11(9-13)15(17)20/h3-9,19H,1-2H3,(H2,17,20)(H,18,21). The molecule has 0 spiro atoms. The van der Waals surface area contributed by atoms with E-state index in [2.05, 4.69) is 10.0 Å². The van der Waals surface area contributed by atoms with E-state index in [4.69, 9.17) is 5.73 Å². The Kier molecular flexibility index (Phi) is 4.89. The number of nitrogens with two attached hydrogens (primary N) is 1. The number of amides is 2. The molecule has 126 valence electrons. The van der Waals surface area contributed by atoms with Gasteiger partial charge in [0.2, 0.25) is 15.9 Å². The second-order valence-electron chi connectivity index (χ2n) is 5.30. The number of hydrogen-bond donors (Lipinski definition) is 3. The summed E-state index contributed by atoms with van der Waals surface area (Å²) in [5.41, 5.74) is 7.30. The number of nitrogens with one attached hydrogen (secondary N) is 2. The Morgan fingerprint density at radius 3 is 2.33 bits per heavy atom. The lowest BCUT2D eigenvalue weighted by molar-refractivity contribution is 0.0996. The van der Waals surface area contributed by atoms with Gasteiger partial charge in [-0.1, -0.05) is 6.07 Å². The number of hydrogen-bond acceptors (Lipinski definition) is 4. The van der Waals surface area contributed by atoms with E-state index in [9.17, 15) is 18.0 Å². The largest absolute Gasteiger partial charge is 0.366 e. The number of carbonyl (C=O) groups is 2. The van der Waals surface area contributed by atoms with Crippen LogP contribution in [0.5, 0.6) is 0 Å². The van der Waals surface area contributed by atoms with Crippen LogP contribution >= 0.6 is 0 Å². The molecule has 0 aromatic heterocycles. The van der Waals surface area contributed by atoms with E-state index in [-0.39, 0.29) is 11.5 Å². The van der Waals surface area contributed by atoms with Gasteiger partial charge in [0.1, 0.15) is 0 Å². The summed E-state index contributed by atoms with van der Waals surface area (Å²) in [6, 6.07) is 10.9. The van der Waals surface area contributed by atoms with Crippen LogP contribution in [0.15, 0.2) is 42.5 Å². The minimum absolute atomic E-state index is 0.289. The van der Waals surface area contributed by atoms with Gasteiger partial charge in [-0.3, -0.25) is 14.3 Å². The minimum atomic E-state index is -3.39. The molecule has 0 saturated carbocycles. The van der Waals surface area contributed by atoms with Crippen LogP contribution in [0.25, 0.3) is 0 Å². The summed E-state index contributed by atoms with van der Waals surface area (Å²) in [5.74, 6) is -0.969. The topological polar surface area (TPSA) is 118 Å². The SMILES string of the molecule is Cc1cc(C(=O)Nc2cccc(C(N)=O)c2)ccc1NS(C)(=O)=O. The Bertz CT molecular complexity index is 907. The van der Waals surface area contributed by atoms with Crippen LogP contribution in [-0.2, 0) is 10.0 Å². The normalized spacial score (nSPS) is 10.9. The molecule has 0 saturated heterocycles. The molecule has 0 unspecified atom stereocenters. The zero-order valence-corrected chi connectivity index (χ0v) is 14.0. The van der Waals surface area contributed by atoms with Crippen molar-refractivity contribution in [3.05, 3.63) is 59.2 Å². The Labute approximate surface area is 139 Å². The maximum Gasteiger partial charge on any atom is 0.255 e. The van der Waals surface area contributed by atoms with Gasteiger partial charge in [0.05, 0.1) is 11.9 Å². The molecule has 0 bridgehead atoms. The first-order chi connectivity index (χ1) is 11.2. The van der Waals surface area contributed by atoms with Gasteiger partial charge in [-0.2, -0.15) is 0 Å². The summed E-state index contributed by atoms with van der Waals surface area (Å²) in [6.07, 6.45) is 1.05. The summed E-state index contributed by atoms with van der Waals surface area (Å²) in [5, 5.41) is 2.66. The zero-order chi connectivity index (χ0) is 17.9. The highest BCUT2D eigenvalue weighted by atomic mass is 32.2. The highest BCUT2D eigenvalue weighted by molar-refractivity contribution is 7.92. The van der Waals surface area contributed by atoms with Gasteiger partial charge in [-0.05, 0) is 48.9 Å². The first kappa shape index (κ1) is 17.5. The molecule has 0 aliphatic rings. The van der Waals surface area contributed by atoms with Crippen LogP contribution in [0.3, 0.4) is 0 Å². The third kappa shape index (κ3) is 4.56. The molecule has 0 radical (unpaired) electrons. The lowest BCUT2D eigenvalue weighted by Gasteiger charge is -2.10. The number of carbonyl (C=O) groups excluding carboxylic acids is 2. The summed E-state index contributed by atoms with van der Waals surface area (Å²) in [7, 11) is -3.39. The molecule has 0 aliphatic heterocycles. The number of benzene rings is 2. The molecule has 0 aliphatic carbocycles. The molecular weight excluding hydrogens is 330 g/mol. The quantitative estimate of drug-likeness (QED) is 0.763. The monoisotopic (exact) mass is 347 g/mol. The molecule has 2 rings (SSSR count). The van der Waals surface area contributed by atoms with Crippen molar-refractivity contribution in [1.82, 2.24) is 0 Å². The predicted molar refractivity (Wildman–Crippen MR) is 92.6 cm³/mol. The van der Waals surface area contributed by atoms with Crippen LogP contribution in [0, 0.1) is 6.92 Å². The Balaban J connectivity index is 2.20. The highest BCUT2D eigenvalue weighted by Crippen LogP contribution is 2.19. The van der Waals surface area contributed by atoms with Crippen LogP contribution in [0.4, 0.5) is 11.4 Å². The average molecular weight is 347 g/mol. The lowest BCUT2D eigenvalue weighted by atomic mass is 10.1. The summed E-state index contributed by atoms with van der Waals surface area (Å²) < 4.78 is 24.9. The van der Waals surface area contributed by atoms with Crippen LogP contribution in [0.2, 0.25) is 0 Å². The number of sulfonamides is 1. The molecule has 2 aromatic rings. The van der Waals surface area contributed by atoms with Gasteiger partial charge in [0.15, 0.2) is 0 Å². The van der Waals surface area contributed by atoms with E-state index in [0.29, 0.717) is 22.5 Å². The van der Waals surface area contributed by atoms with Crippen molar-refractivity contribution in [3.8, 4) is 0 Å². The van der Waals surface area contributed by atoms with E-state index in [1.54, 1.807) is 31.2 Å². The molecule has 2 amide bonds. The molecule has 2 aromatic carbocycles. The third-order valence-electron chi connectivity index (χ3n) is 3.19. The molecule has 8 heteroatoms. The summed E-state index contributed by atoms with van der Waals surface area (Å²) in [6.45, 7) is 1.69. The fraction of sp³-hybridized carbons (Fsp3) is 0.125. The zero-order valence-electron chi connectivity index (χ0n) is 13.2. The molecule has 0 heterocycles.